The summed E-state index contributed by atoms with van der Waals surface area (Å²) in [5.41, 5.74) is -0.282. The summed E-state index contributed by atoms with van der Waals surface area (Å²) in [5.74, 6) is -1.23. The maximum absolute atomic E-state index is 13.1. The molecule has 7 heteroatoms. The van der Waals surface area contributed by atoms with Crippen LogP contribution in [0, 0.1) is 0 Å². The molecule has 0 spiro atoms. The fourth-order valence-corrected chi connectivity index (χ4v) is 3.66. The Morgan fingerprint density at radius 1 is 0.735 bits per heavy atom. The highest BCUT2D eigenvalue weighted by molar-refractivity contribution is 5.92. The van der Waals surface area contributed by atoms with E-state index in [9.17, 15) is 18.0 Å². The molecule has 0 N–H and O–H groups in total. The van der Waals surface area contributed by atoms with Crippen LogP contribution in [0.15, 0.2) is 91.0 Å². The van der Waals surface area contributed by atoms with Gasteiger partial charge in [0.1, 0.15) is 11.4 Å². The molecule has 0 aliphatic carbocycles. The van der Waals surface area contributed by atoms with Crippen LogP contribution in [-0.2, 0) is 5.60 Å². The molecule has 34 heavy (non-hydrogen) atoms. The van der Waals surface area contributed by atoms with E-state index in [0.717, 1.165) is 22.4 Å². The molecule has 0 bridgehead atoms. The quantitative estimate of drug-likeness (QED) is 0.221. The molecule has 0 atom stereocenters. The Bertz CT molecular complexity index is 1310. The molecule has 174 valence electrons. The maximum atomic E-state index is 13.1. The molecule has 0 fully saturated rings. The Hall–Kier alpha value is -4.00. The van der Waals surface area contributed by atoms with Crippen molar-refractivity contribution >= 4 is 16.7 Å². The summed E-state index contributed by atoms with van der Waals surface area (Å²) in [5, 5.41) is 1.86. The fraction of sp³-hybridized carbons (Fsp3) is 0.148. The van der Waals surface area contributed by atoms with E-state index in [2.05, 4.69) is 4.74 Å². The van der Waals surface area contributed by atoms with Gasteiger partial charge in [0.2, 0.25) is 0 Å². The molecule has 4 nitrogen and oxygen atoms in total. The smallest absolute Gasteiger partial charge is 0.479 e. The van der Waals surface area contributed by atoms with Crippen LogP contribution in [0.4, 0.5) is 13.2 Å². The Morgan fingerprint density at radius 3 is 2.15 bits per heavy atom. The summed E-state index contributed by atoms with van der Waals surface area (Å²) in [7, 11) is 0. The standard InChI is InChI=1S/C27H21F3O4/c1-26(2,22-14-8-10-18-9-6-7-13-21(18)22)33-24-17-19(15-16-23(24)34-27(28,29)30)25(31)32-20-11-4-3-5-12-20/h3-17H,1-2H3. The fourth-order valence-electron chi connectivity index (χ4n) is 3.66. The van der Waals surface area contributed by atoms with Crippen LogP contribution >= 0.6 is 0 Å². The van der Waals surface area contributed by atoms with Crippen molar-refractivity contribution in [1.82, 2.24) is 0 Å². The number of ether oxygens (including phenoxy) is 3. The molecule has 0 saturated carbocycles. The Balaban J connectivity index is 1.71. The normalized spacial score (nSPS) is 11.8. The third kappa shape index (κ3) is 5.31. The highest BCUT2D eigenvalue weighted by Crippen LogP contribution is 2.39. The first-order valence-electron chi connectivity index (χ1n) is 10.5. The summed E-state index contributed by atoms with van der Waals surface area (Å²) in [6.45, 7) is 3.47. The lowest BCUT2D eigenvalue weighted by Crippen LogP contribution is -2.27. The highest BCUT2D eigenvalue weighted by Gasteiger charge is 2.34. The lowest BCUT2D eigenvalue weighted by molar-refractivity contribution is -0.275. The number of carbonyl (C=O) groups excluding carboxylic acids is 1. The molecule has 0 heterocycles. The third-order valence-corrected chi connectivity index (χ3v) is 5.16. The Morgan fingerprint density at radius 2 is 1.41 bits per heavy atom. The van der Waals surface area contributed by atoms with Crippen molar-refractivity contribution in [2.75, 3.05) is 0 Å². The number of rotatable bonds is 6. The van der Waals surface area contributed by atoms with Crippen LogP contribution in [0.1, 0.15) is 29.8 Å². The zero-order chi connectivity index (χ0) is 24.3. The van der Waals surface area contributed by atoms with E-state index in [1.807, 2.05) is 42.5 Å². The molecule has 0 saturated heterocycles. The molecule has 0 aliphatic rings. The number of hydrogen-bond acceptors (Lipinski definition) is 4. The van der Waals surface area contributed by atoms with Crippen LogP contribution in [0.25, 0.3) is 10.8 Å². The second-order valence-electron chi connectivity index (χ2n) is 8.05. The van der Waals surface area contributed by atoms with Gasteiger partial charge in [0.15, 0.2) is 11.5 Å². The van der Waals surface area contributed by atoms with Crippen molar-refractivity contribution in [1.29, 1.82) is 0 Å². The summed E-state index contributed by atoms with van der Waals surface area (Å²) in [6, 6.07) is 25.1. The molecule has 0 amide bonds. The molecular formula is C27H21F3O4. The van der Waals surface area contributed by atoms with Crippen molar-refractivity contribution < 1.29 is 32.2 Å². The lowest BCUT2D eigenvalue weighted by Gasteiger charge is -2.29. The molecule has 0 aromatic heterocycles. The number of carbonyl (C=O) groups is 1. The van der Waals surface area contributed by atoms with Gasteiger partial charge in [-0.3, -0.25) is 0 Å². The second-order valence-corrected chi connectivity index (χ2v) is 8.05. The number of fused-ring (bicyclic) bond motifs is 1. The molecule has 4 rings (SSSR count). The van der Waals surface area contributed by atoms with Gasteiger partial charge >= 0.3 is 12.3 Å². The van der Waals surface area contributed by atoms with Crippen molar-refractivity contribution in [2.24, 2.45) is 0 Å². The average Bonchev–Trinajstić information content (AvgIpc) is 2.79. The van der Waals surface area contributed by atoms with E-state index in [1.54, 1.807) is 44.2 Å². The van der Waals surface area contributed by atoms with Gasteiger partial charge < -0.3 is 14.2 Å². The first-order valence-corrected chi connectivity index (χ1v) is 10.5. The van der Waals surface area contributed by atoms with Gasteiger partial charge in [-0.05, 0) is 55.0 Å². The van der Waals surface area contributed by atoms with Gasteiger partial charge in [-0.25, -0.2) is 4.79 Å². The van der Waals surface area contributed by atoms with Gasteiger partial charge in [-0.2, -0.15) is 0 Å². The minimum absolute atomic E-state index is 0.0158. The summed E-state index contributed by atoms with van der Waals surface area (Å²) >= 11 is 0. The number of halogens is 3. The number of hydrogen-bond donors (Lipinski definition) is 0. The first-order chi connectivity index (χ1) is 16.1. The third-order valence-electron chi connectivity index (χ3n) is 5.16. The van der Waals surface area contributed by atoms with Crippen LogP contribution in [-0.4, -0.2) is 12.3 Å². The monoisotopic (exact) mass is 466 g/mol. The molecule has 4 aromatic carbocycles. The summed E-state index contributed by atoms with van der Waals surface area (Å²) < 4.78 is 54.8. The first kappa shape index (κ1) is 23.2. The van der Waals surface area contributed by atoms with Crippen LogP contribution in [0.5, 0.6) is 17.2 Å². The van der Waals surface area contributed by atoms with Crippen LogP contribution < -0.4 is 14.2 Å². The Labute approximate surface area is 194 Å². The zero-order valence-electron chi connectivity index (χ0n) is 18.4. The summed E-state index contributed by atoms with van der Waals surface area (Å²) in [4.78, 5) is 12.6. The molecular weight excluding hydrogens is 445 g/mol. The molecule has 0 aliphatic heterocycles. The minimum atomic E-state index is -4.94. The van der Waals surface area contributed by atoms with Gasteiger partial charge in [0, 0.05) is 5.56 Å². The van der Waals surface area contributed by atoms with Gasteiger partial charge in [0.05, 0.1) is 5.56 Å². The minimum Gasteiger partial charge on any atom is -0.479 e. The van der Waals surface area contributed by atoms with Crippen molar-refractivity contribution in [2.45, 2.75) is 25.8 Å². The van der Waals surface area contributed by atoms with Gasteiger partial charge in [-0.1, -0.05) is 60.7 Å². The SMILES string of the molecule is CC(C)(Oc1cc(C(=O)Oc2ccccc2)ccc1OC(F)(F)F)c1cccc2ccccc12. The van der Waals surface area contributed by atoms with E-state index < -0.39 is 23.7 Å². The largest absolute Gasteiger partial charge is 0.573 e. The van der Waals surface area contributed by atoms with Crippen molar-refractivity contribution in [3.05, 3.63) is 102 Å². The Kier molecular flexibility index (Phi) is 6.20. The maximum Gasteiger partial charge on any atom is 0.573 e. The van der Waals surface area contributed by atoms with Crippen molar-refractivity contribution in [3.8, 4) is 17.2 Å². The van der Waals surface area contributed by atoms with Gasteiger partial charge in [-0.15, -0.1) is 13.2 Å². The average molecular weight is 466 g/mol. The van der Waals surface area contributed by atoms with E-state index in [0.29, 0.717) is 5.75 Å². The molecule has 0 unspecified atom stereocenters. The zero-order valence-corrected chi connectivity index (χ0v) is 18.4. The van der Waals surface area contributed by atoms with Crippen LogP contribution in [0.2, 0.25) is 0 Å². The topological polar surface area (TPSA) is 44.8 Å². The van der Waals surface area contributed by atoms with Crippen LogP contribution in [0.3, 0.4) is 0 Å². The number of alkyl halides is 3. The second kappa shape index (κ2) is 9.09. The summed E-state index contributed by atoms with van der Waals surface area (Å²) in [6.07, 6.45) is -4.94. The van der Waals surface area contributed by atoms with E-state index in [-0.39, 0.29) is 11.3 Å². The van der Waals surface area contributed by atoms with E-state index in [4.69, 9.17) is 9.47 Å². The number of para-hydroxylation sites is 1. The highest BCUT2D eigenvalue weighted by atomic mass is 19.4. The molecule has 4 aromatic rings. The predicted octanol–water partition coefficient (Wildman–Crippen LogP) is 7.27. The number of benzene rings is 4. The van der Waals surface area contributed by atoms with E-state index in [1.165, 1.54) is 12.1 Å². The van der Waals surface area contributed by atoms with E-state index >= 15 is 0 Å². The van der Waals surface area contributed by atoms with Crippen molar-refractivity contribution in [3.63, 3.8) is 0 Å². The molecule has 0 radical (unpaired) electrons. The lowest BCUT2D eigenvalue weighted by atomic mass is 9.92. The predicted molar refractivity (Wildman–Crippen MR) is 122 cm³/mol. The number of esters is 1. The van der Waals surface area contributed by atoms with Gasteiger partial charge in [0.25, 0.3) is 0 Å².